The van der Waals surface area contributed by atoms with Gasteiger partial charge in [-0.15, -0.1) is 0 Å². The van der Waals surface area contributed by atoms with E-state index in [0.29, 0.717) is 25.6 Å². The summed E-state index contributed by atoms with van der Waals surface area (Å²) in [6.45, 7) is 3.92. The van der Waals surface area contributed by atoms with Crippen LogP contribution in [0.5, 0.6) is 5.88 Å². The molecule has 4 rings (SSSR count). The predicted molar refractivity (Wildman–Crippen MR) is 139 cm³/mol. The molecule has 12 heteroatoms. The molecular formula is C28H36F4N4O4. The van der Waals surface area contributed by atoms with Crippen LogP contribution >= 0.6 is 0 Å². The fraction of sp³-hybridized carbons (Fsp3) is 0.607. The number of nitrogens with two attached hydrogens (primary N) is 1. The Hall–Kier alpha value is -2.99. The molecule has 2 amide bonds. The third kappa shape index (κ3) is 6.83. The average molecular weight is 569 g/mol. The number of nitrogens with zero attached hydrogens (tertiary/aromatic N) is 3. The second kappa shape index (κ2) is 11.9. The molecule has 3 heterocycles. The second-order valence-corrected chi connectivity index (χ2v) is 11.6. The molecule has 1 unspecified atom stereocenters. The first-order valence-electron chi connectivity index (χ1n) is 13.5. The van der Waals surface area contributed by atoms with Crippen LogP contribution in [0.25, 0.3) is 0 Å². The number of allylic oxidation sites excluding steroid dienone is 2. The molecule has 1 aromatic rings. The molecule has 3 aliphatic rings. The number of likely N-dealkylation sites (tertiary alicyclic amines) is 2. The number of rotatable bonds is 8. The lowest BCUT2D eigenvalue weighted by atomic mass is 9.89. The lowest BCUT2D eigenvalue weighted by molar-refractivity contribution is -0.217. The van der Waals surface area contributed by atoms with Crippen LogP contribution in [0.4, 0.5) is 17.6 Å². The molecule has 0 spiro atoms. The molecule has 220 valence electrons. The van der Waals surface area contributed by atoms with Gasteiger partial charge in [-0.2, -0.15) is 13.2 Å². The summed E-state index contributed by atoms with van der Waals surface area (Å²) < 4.78 is 60.4. The second-order valence-electron chi connectivity index (χ2n) is 11.6. The van der Waals surface area contributed by atoms with Gasteiger partial charge < -0.3 is 25.4 Å². The Morgan fingerprint density at radius 1 is 1.20 bits per heavy atom. The third-order valence-corrected chi connectivity index (χ3v) is 8.03. The summed E-state index contributed by atoms with van der Waals surface area (Å²) in [7, 11) is 0. The summed E-state index contributed by atoms with van der Waals surface area (Å²) in [4.78, 5) is 31.8. The van der Waals surface area contributed by atoms with E-state index in [2.05, 4.69) is 4.98 Å². The van der Waals surface area contributed by atoms with Crippen LogP contribution in [-0.4, -0.2) is 82.8 Å². The van der Waals surface area contributed by atoms with Crippen molar-refractivity contribution in [3.8, 4) is 5.88 Å². The van der Waals surface area contributed by atoms with Gasteiger partial charge in [0.05, 0.1) is 23.7 Å². The van der Waals surface area contributed by atoms with E-state index in [1.807, 2.05) is 4.90 Å². The molecule has 0 bridgehead atoms. The largest absolute Gasteiger partial charge is 0.477 e. The van der Waals surface area contributed by atoms with Gasteiger partial charge in [0.25, 0.3) is 5.91 Å². The number of aliphatic hydroxyl groups excluding tert-OH is 1. The van der Waals surface area contributed by atoms with Crippen molar-refractivity contribution in [1.82, 2.24) is 14.8 Å². The highest BCUT2D eigenvalue weighted by atomic mass is 19.4. The molecule has 2 aliphatic heterocycles. The first kappa shape index (κ1) is 30.0. The van der Waals surface area contributed by atoms with Crippen LogP contribution in [-0.2, 0) is 9.59 Å². The highest BCUT2D eigenvalue weighted by Gasteiger charge is 2.48. The number of carbonyl (C=O) groups excluding carboxylic acids is 2. The zero-order valence-electron chi connectivity index (χ0n) is 22.7. The Bertz CT molecular complexity index is 1140. The van der Waals surface area contributed by atoms with Crippen molar-refractivity contribution in [1.29, 1.82) is 0 Å². The van der Waals surface area contributed by atoms with Gasteiger partial charge in [0, 0.05) is 44.1 Å². The minimum absolute atomic E-state index is 0.0244. The van der Waals surface area contributed by atoms with Gasteiger partial charge >= 0.3 is 6.18 Å². The molecule has 1 aliphatic carbocycles. The van der Waals surface area contributed by atoms with E-state index in [9.17, 15) is 32.3 Å². The fourth-order valence-electron chi connectivity index (χ4n) is 5.41. The third-order valence-electron chi connectivity index (χ3n) is 8.03. The van der Waals surface area contributed by atoms with Crippen LogP contribution < -0.4 is 10.5 Å². The number of alkyl halides is 3. The molecule has 2 saturated heterocycles. The van der Waals surface area contributed by atoms with Crippen molar-refractivity contribution >= 4 is 11.8 Å². The number of aliphatic hydroxyl groups is 1. The van der Waals surface area contributed by atoms with E-state index in [4.69, 9.17) is 10.5 Å². The Kier molecular flexibility index (Phi) is 8.89. The molecule has 1 aromatic heterocycles. The highest BCUT2D eigenvalue weighted by molar-refractivity contribution is 6.00. The van der Waals surface area contributed by atoms with E-state index >= 15 is 0 Å². The standard InChI is InChI=1S/C28H36F4N4O4/c1-27(2,28(30,31)32)16-35-9-7-17(8-10-35)15-40-24-6-4-19(13-34-24)18-3-5-21(22(29)11-18)26(39)36-14-20(37)12-23(36)25(33)38/h3-6,13,17-18,20,23,37H,7-12,14-16H2,1-2H3,(H2,33,38)/t18?,20-,23+/m1/s1. The topological polar surface area (TPSA) is 109 Å². The Balaban J connectivity index is 1.26. The van der Waals surface area contributed by atoms with Gasteiger partial charge in [-0.05, 0) is 51.3 Å². The predicted octanol–water partition coefficient (Wildman–Crippen LogP) is 3.48. The maximum absolute atomic E-state index is 15.0. The normalized spacial score (nSPS) is 25.0. The molecule has 3 atom stereocenters. The van der Waals surface area contributed by atoms with Crippen molar-refractivity contribution in [3.63, 3.8) is 0 Å². The SMILES string of the molecule is CC(C)(CN1CCC(COc2ccc(C3C=CC(C(=O)N4C[C@H](O)C[C@H]4C(N)=O)=C(F)C3)cn2)CC1)C(F)(F)F. The van der Waals surface area contributed by atoms with Crippen molar-refractivity contribution in [2.24, 2.45) is 17.1 Å². The summed E-state index contributed by atoms with van der Waals surface area (Å²) in [5, 5.41) is 9.85. The summed E-state index contributed by atoms with van der Waals surface area (Å²) in [5.41, 5.74) is 4.17. The van der Waals surface area contributed by atoms with Gasteiger partial charge in [-0.25, -0.2) is 9.37 Å². The number of carbonyl (C=O) groups is 2. The lowest BCUT2D eigenvalue weighted by Gasteiger charge is -2.38. The molecule has 3 N–H and O–H groups in total. The molecule has 0 saturated carbocycles. The first-order chi connectivity index (χ1) is 18.7. The van der Waals surface area contributed by atoms with Crippen molar-refractivity contribution in [3.05, 3.63) is 47.4 Å². The molecule has 40 heavy (non-hydrogen) atoms. The van der Waals surface area contributed by atoms with E-state index in [-0.39, 0.29) is 43.3 Å². The number of hydrogen-bond acceptors (Lipinski definition) is 6. The van der Waals surface area contributed by atoms with E-state index < -0.39 is 41.4 Å². The maximum atomic E-state index is 15.0. The number of halogens is 4. The minimum atomic E-state index is -4.24. The number of pyridine rings is 1. The van der Waals surface area contributed by atoms with Crippen LogP contribution in [0, 0.1) is 11.3 Å². The van der Waals surface area contributed by atoms with E-state index in [1.54, 1.807) is 24.4 Å². The number of piperidine rings is 1. The molecular weight excluding hydrogens is 532 g/mol. The van der Waals surface area contributed by atoms with Gasteiger partial charge in [-0.3, -0.25) is 9.59 Å². The van der Waals surface area contributed by atoms with Crippen molar-refractivity contribution in [2.45, 2.75) is 63.8 Å². The Morgan fingerprint density at radius 2 is 1.90 bits per heavy atom. The average Bonchev–Trinajstić information content (AvgIpc) is 3.29. The molecule has 0 radical (unpaired) electrons. The van der Waals surface area contributed by atoms with Gasteiger partial charge in [-0.1, -0.05) is 18.2 Å². The molecule has 0 aromatic carbocycles. The molecule has 2 fully saturated rings. The van der Waals surface area contributed by atoms with Gasteiger partial charge in [0.1, 0.15) is 11.9 Å². The summed E-state index contributed by atoms with van der Waals surface area (Å²) >= 11 is 0. The van der Waals surface area contributed by atoms with E-state index in [1.165, 1.54) is 19.9 Å². The number of amides is 2. The zero-order valence-corrected chi connectivity index (χ0v) is 22.7. The van der Waals surface area contributed by atoms with E-state index in [0.717, 1.165) is 23.3 Å². The minimum Gasteiger partial charge on any atom is -0.477 e. The van der Waals surface area contributed by atoms with Crippen LogP contribution in [0.2, 0.25) is 0 Å². The number of β-amino-alcohol motifs (C(OH)–C–C–N with tert-alkyl or cyclic N) is 1. The molecule has 8 nitrogen and oxygen atoms in total. The number of aromatic nitrogens is 1. The van der Waals surface area contributed by atoms with Crippen LogP contribution in [0.15, 0.2) is 41.9 Å². The Morgan fingerprint density at radius 3 is 2.48 bits per heavy atom. The highest BCUT2D eigenvalue weighted by Crippen LogP contribution is 2.39. The smallest absolute Gasteiger partial charge is 0.395 e. The van der Waals surface area contributed by atoms with Gasteiger partial charge in [0.15, 0.2) is 0 Å². The van der Waals surface area contributed by atoms with Crippen LogP contribution in [0.1, 0.15) is 51.0 Å². The van der Waals surface area contributed by atoms with Crippen molar-refractivity contribution in [2.75, 3.05) is 32.8 Å². The number of primary amides is 1. The summed E-state index contributed by atoms with van der Waals surface area (Å²) in [5.74, 6) is -1.76. The van der Waals surface area contributed by atoms with Gasteiger partial charge in [0.2, 0.25) is 11.8 Å². The number of hydrogen-bond donors (Lipinski definition) is 2. The lowest BCUT2D eigenvalue weighted by Crippen LogP contribution is -2.46. The van der Waals surface area contributed by atoms with Crippen LogP contribution in [0.3, 0.4) is 0 Å². The number of ether oxygens (including phenoxy) is 1. The Labute approximate surface area is 230 Å². The summed E-state index contributed by atoms with van der Waals surface area (Å²) in [6, 6.07) is 2.49. The summed E-state index contributed by atoms with van der Waals surface area (Å²) in [6.07, 6.45) is 1.00. The maximum Gasteiger partial charge on any atom is 0.395 e. The fourth-order valence-corrected chi connectivity index (χ4v) is 5.41. The monoisotopic (exact) mass is 568 g/mol. The zero-order chi connectivity index (χ0) is 29.2. The first-order valence-corrected chi connectivity index (χ1v) is 13.5. The quantitative estimate of drug-likeness (QED) is 0.465. The van der Waals surface area contributed by atoms with Crippen molar-refractivity contribution < 1.29 is 37.0 Å².